The molecule has 0 aliphatic carbocycles. The summed E-state index contributed by atoms with van der Waals surface area (Å²) in [6, 6.07) is 3.29. The van der Waals surface area contributed by atoms with Gasteiger partial charge in [-0.1, -0.05) is 11.8 Å². The van der Waals surface area contributed by atoms with Crippen molar-refractivity contribution in [2.75, 3.05) is 0 Å². The van der Waals surface area contributed by atoms with Crippen LogP contribution < -0.4 is 5.56 Å². The number of aromatic nitrogens is 1. The Balaban J connectivity index is 2.91. The Morgan fingerprint density at radius 3 is 3.08 bits per heavy atom. The third-order valence-electron chi connectivity index (χ3n) is 1.23. The van der Waals surface area contributed by atoms with Gasteiger partial charge in [-0.3, -0.25) is 4.79 Å². The molecule has 3 nitrogen and oxygen atoms in total. The van der Waals surface area contributed by atoms with Gasteiger partial charge in [0.1, 0.15) is 6.29 Å². The number of carbonyl (C=O) groups excluding carboxylic acids is 1. The van der Waals surface area contributed by atoms with Gasteiger partial charge < -0.3 is 9.78 Å². The van der Waals surface area contributed by atoms with Crippen LogP contribution in [0.15, 0.2) is 23.1 Å². The van der Waals surface area contributed by atoms with Crippen LogP contribution >= 0.6 is 0 Å². The van der Waals surface area contributed by atoms with E-state index in [0.717, 1.165) is 0 Å². The number of hydrogen-bond donors (Lipinski definition) is 1. The lowest BCUT2D eigenvalue weighted by molar-refractivity contribution is -0.107. The molecule has 0 atom stereocenters. The van der Waals surface area contributed by atoms with Crippen molar-refractivity contribution >= 4 is 6.29 Å². The maximum atomic E-state index is 11.0. The van der Waals surface area contributed by atoms with E-state index in [4.69, 9.17) is 0 Å². The van der Waals surface area contributed by atoms with Gasteiger partial charge in [-0.05, 0) is 12.1 Å². The zero-order valence-corrected chi connectivity index (χ0v) is 6.33. The summed E-state index contributed by atoms with van der Waals surface area (Å²) in [7, 11) is 0. The quantitative estimate of drug-likeness (QED) is 0.476. The van der Waals surface area contributed by atoms with Gasteiger partial charge in [0, 0.05) is 6.20 Å². The van der Waals surface area contributed by atoms with E-state index in [1.165, 1.54) is 6.20 Å². The SMILES string of the molecule is O=CCC#Cc1ccc[nH]c1=O. The molecule has 0 amide bonds. The largest absolute Gasteiger partial charge is 0.328 e. The molecule has 1 heterocycles. The minimum atomic E-state index is -0.226. The predicted molar refractivity (Wildman–Crippen MR) is 44.6 cm³/mol. The smallest absolute Gasteiger partial charge is 0.263 e. The minimum absolute atomic E-state index is 0.161. The number of aromatic amines is 1. The van der Waals surface area contributed by atoms with Gasteiger partial charge in [-0.15, -0.1) is 0 Å². The van der Waals surface area contributed by atoms with E-state index in [1.807, 2.05) is 0 Å². The standard InChI is InChI=1S/C9H7NO2/c11-7-2-1-4-8-5-3-6-10-9(8)12/h3,5-7H,2H2,(H,10,12). The van der Waals surface area contributed by atoms with Crippen molar-refractivity contribution in [1.29, 1.82) is 0 Å². The Hall–Kier alpha value is -1.82. The third kappa shape index (κ3) is 2.10. The number of rotatable bonds is 1. The number of nitrogens with one attached hydrogen (secondary N) is 1. The van der Waals surface area contributed by atoms with Gasteiger partial charge in [0.05, 0.1) is 12.0 Å². The van der Waals surface area contributed by atoms with Gasteiger partial charge in [0.2, 0.25) is 0 Å². The molecule has 0 spiro atoms. The Bertz CT molecular complexity index is 381. The van der Waals surface area contributed by atoms with Gasteiger partial charge in [0.25, 0.3) is 5.56 Å². The van der Waals surface area contributed by atoms with Crippen LogP contribution in [0.2, 0.25) is 0 Å². The zero-order chi connectivity index (χ0) is 8.81. The van der Waals surface area contributed by atoms with Crippen molar-refractivity contribution < 1.29 is 4.79 Å². The van der Waals surface area contributed by atoms with E-state index in [9.17, 15) is 9.59 Å². The van der Waals surface area contributed by atoms with Crippen LogP contribution in [0.5, 0.6) is 0 Å². The van der Waals surface area contributed by atoms with E-state index >= 15 is 0 Å². The maximum Gasteiger partial charge on any atom is 0.263 e. The fourth-order valence-corrected chi connectivity index (χ4v) is 0.708. The highest BCUT2D eigenvalue weighted by Gasteiger charge is 1.89. The van der Waals surface area contributed by atoms with E-state index < -0.39 is 0 Å². The monoisotopic (exact) mass is 161 g/mol. The number of pyridine rings is 1. The molecule has 12 heavy (non-hydrogen) atoms. The van der Waals surface area contributed by atoms with Crippen LogP contribution in [0, 0.1) is 11.8 Å². The summed E-state index contributed by atoms with van der Waals surface area (Å²) < 4.78 is 0. The highest BCUT2D eigenvalue weighted by molar-refractivity contribution is 5.54. The van der Waals surface area contributed by atoms with Crippen LogP contribution in [0.3, 0.4) is 0 Å². The molecule has 0 aliphatic rings. The molecule has 3 heteroatoms. The lowest BCUT2D eigenvalue weighted by atomic mass is 10.3. The first-order chi connectivity index (χ1) is 5.84. The van der Waals surface area contributed by atoms with E-state index in [2.05, 4.69) is 16.8 Å². The van der Waals surface area contributed by atoms with Gasteiger partial charge in [-0.25, -0.2) is 0 Å². The minimum Gasteiger partial charge on any atom is -0.328 e. The number of aldehydes is 1. The Labute approximate surface area is 69.4 Å². The first-order valence-corrected chi connectivity index (χ1v) is 3.45. The molecule has 0 radical (unpaired) electrons. The maximum absolute atomic E-state index is 11.0. The molecule has 1 N–H and O–H groups in total. The van der Waals surface area contributed by atoms with Crippen molar-refractivity contribution in [2.24, 2.45) is 0 Å². The topological polar surface area (TPSA) is 49.9 Å². The summed E-state index contributed by atoms with van der Waals surface area (Å²) in [6.45, 7) is 0. The molecule has 60 valence electrons. The molecule has 1 rings (SSSR count). The molecule has 0 saturated carbocycles. The number of hydrogen-bond acceptors (Lipinski definition) is 2. The first-order valence-electron chi connectivity index (χ1n) is 3.45. The molecule has 0 saturated heterocycles. The van der Waals surface area contributed by atoms with E-state index in [0.29, 0.717) is 11.8 Å². The highest BCUT2D eigenvalue weighted by atomic mass is 16.1. The fourth-order valence-electron chi connectivity index (χ4n) is 0.708. The van der Waals surface area contributed by atoms with Crippen molar-refractivity contribution in [1.82, 2.24) is 4.98 Å². The second-order valence-electron chi connectivity index (χ2n) is 2.09. The summed E-state index contributed by atoms with van der Waals surface area (Å²) in [5, 5.41) is 0. The number of carbonyl (C=O) groups is 1. The highest BCUT2D eigenvalue weighted by Crippen LogP contribution is 1.84. The Morgan fingerprint density at radius 2 is 2.42 bits per heavy atom. The molecule has 0 bridgehead atoms. The molecule has 1 aromatic rings. The van der Waals surface area contributed by atoms with Crippen molar-refractivity contribution in [3.8, 4) is 11.8 Å². The normalized spacial score (nSPS) is 8.33. The Morgan fingerprint density at radius 1 is 1.58 bits per heavy atom. The molecule has 0 fully saturated rings. The third-order valence-corrected chi connectivity index (χ3v) is 1.23. The predicted octanol–water partition coefficient (Wildman–Crippen LogP) is 0.315. The average molecular weight is 161 g/mol. The van der Waals surface area contributed by atoms with Gasteiger partial charge in [-0.2, -0.15) is 0 Å². The van der Waals surface area contributed by atoms with Crippen molar-refractivity contribution in [3.05, 3.63) is 34.2 Å². The van der Waals surface area contributed by atoms with Crippen LogP contribution in [0.4, 0.5) is 0 Å². The van der Waals surface area contributed by atoms with Crippen LogP contribution in [0.1, 0.15) is 12.0 Å². The first kappa shape index (κ1) is 8.28. The summed E-state index contributed by atoms with van der Waals surface area (Å²) in [5.41, 5.74) is 0.162. The second-order valence-corrected chi connectivity index (χ2v) is 2.09. The van der Waals surface area contributed by atoms with Crippen LogP contribution in [-0.4, -0.2) is 11.3 Å². The number of H-pyrrole nitrogens is 1. The van der Waals surface area contributed by atoms with Gasteiger partial charge in [0.15, 0.2) is 0 Å². The molecule has 0 aliphatic heterocycles. The molecule has 0 unspecified atom stereocenters. The lowest BCUT2D eigenvalue weighted by Gasteiger charge is -1.84. The molecular weight excluding hydrogens is 154 g/mol. The van der Waals surface area contributed by atoms with E-state index in [1.54, 1.807) is 12.1 Å². The molecule has 1 aromatic heterocycles. The lowest BCUT2D eigenvalue weighted by Crippen LogP contribution is -2.07. The molecular formula is C9H7NO2. The van der Waals surface area contributed by atoms with Crippen molar-refractivity contribution in [3.63, 3.8) is 0 Å². The Kier molecular flexibility index (Phi) is 2.86. The second kappa shape index (κ2) is 4.14. The fraction of sp³-hybridized carbons (Fsp3) is 0.111. The summed E-state index contributed by atoms with van der Waals surface area (Å²) in [6.07, 6.45) is 2.39. The zero-order valence-electron chi connectivity index (χ0n) is 6.33. The van der Waals surface area contributed by atoms with E-state index in [-0.39, 0.29) is 12.0 Å². The van der Waals surface area contributed by atoms with Gasteiger partial charge >= 0.3 is 0 Å². The van der Waals surface area contributed by atoms with Crippen LogP contribution in [0.25, 0.3) is 0 Å². The van der Waals surface area contributed by atoms with Crippen molar-refractivity contribution in [2.45, 2.75) is 6.42 Å². The summed E-state index contributed by atoms with van der Waals surface area (Å²) in [4.78, 5) is 23.3. The summed E-state index contributed by atoms with van der Waals surface area (Å²) in [5.74, 6) is 5.14. The van der Waals surface area contributed by atoms with Crippen LogP contribution in [-0.2, 0) is 4.79 Å². The average Bonchev–Trinajstić information content (AvgIpc) is 2.09. The summed E-state index contributed by atoms with van der Waals surface area (Å²) >= 11 is 0. The molecule has 0 aromatic carbocycles.